The van der Waals surface area contributed by atoms with E-state index in [9.17, 15) is 9.59 Å². The Hall–Kier alpha value is -3.56. The lowest BCUT2D eigenvalue weighted by atomic mass is 9.84. The molecule has 3 atom stereocenters. The summed E-state index contributed by atoms with van der Waals surface area (Å²) in [4.78, 5) is 36.6. The number of nitrogens with zero attached hydrogens (tertiary/aromatic N) is 3. The molecule has 0 bridgehead atoms. The number of carbonyl (C=O) groups is 2. The highest BCUT2D eigenvalue weighted by Gasteiger charge is 2.43. The molecule has 3 aliphatic rings. The number of carbonyl (C=O) groups excluding carboxylic acids is 2. The summed E-state index contributed by atoms with van der Waals surface area (Å²) in [5.41, 5.74) is 2.89. The zero-order valence-corrected chi connectivity index (χ0v) is 24.3. The summed E-state index contributed by atoms with van der Waals surface area (Å²) in [6.07, 6.45) is 4.35. The second-order valence-corrected chi connectivity index (χ2v) is 10.9. The van der Waals surface area contributed by atoms with Crippen molar-refractivity contribution in [1.82, 2.24) is 14.9 Å². The van der Waals surface area contributed by atoms with Gasteiger partial charge in [0.2, 0.25) is 12.5 Å². The van der Waals surface area contributed by atoms with E-state index >= 15 is 0 Å². The molecule has 2 aromatic carbocycles. The molecule has 41 heavy (non-hydrogen) atoms. The van der Waals surface area contributed by atoms with Crippen molar-refractivity contribution < 1.29 is 28.6 Å². The van der Waals surface area contributed by atoms with Crippen LogP contribution >= 0.6 is 0 Å². The van der Waals surface area contributed by atoms with Crippen molar-refractivity contribution in [2.45, 2.75) is 51.6 Å². The molecule has 220 valence electrons. The number of amides is 2. The van der Waals surface area contributed by atoms with E-state index in [1.807, 2.05) is 61.2 Å². The first-order valence-electron chi connectivity index (χ1n) is 14.6. The standard InChI is InChI=1S/C32H41N3O6/c1-5-13-35(41-15-6-2)30(36)20-34-19-26(23-16-28(38-4)31-29(17-23)39-21-40-31)24(7-3)27(34)12-14-33-18-22-10-8-9-11-25(22)32(33)37/h7-11,16-17,24,26-27H,3,5-6,12-15,18-21H2,1-2,4H3/t24-,26-,27+/m1/s1. The van der Waals surface area contributed by atoms with Gasteiger partial charge in [0.15, 0.2) is 11.5 Å². The maximum Gasteiger partial charge on any atom is 0.260 e. The molecule has 0 aromatic heterocycles. The Morgan fingerprint density at radius 1 is 1.20 bits per heavy atom. The van der Waals surface area contributed by atoms with Crippen LogP contribution in [0.25, 0.3) is 0 Å². The molecule has 0 unspecified atom stereocenters. The zero-order valence-electron chi connectivity index (χ0n) is 24.3. The lowest BCUT2D eigenvalue weighted by molar-refractivity contribution is -0.188. The lowest BCUT2D eigenvalue weighted by Gasteiger charge is -2.30. The van der Waals surface area contributed by atoms with E-state index in [2.05, 4.69) is 11.5 Å². The minimum atomic E-state index is -0.0540. The number of ether oxygens (including phenoxy) is 3. The van der Waals surface area contributed by atoms with Crippen LogP contribution in [0.15, 0.2) is 49.1 Å². The molecular formula is C32H41N3O6. The summed E-state index contributed by atoms with van der Waals surface area (Å²) >= 11 is 0. The molecular weight excluding hydrogens is 522 g/mol. The number of likely N-dealkylation sites (tertiary alicyclic amines) is 1. The van der Waals surface area contributed by atoms with Crippen LogP contribution in [-0.2, 0) is 16.2 Å². The Labute approximate surface area is 242 Å². The first-order valence-corrected chi connectivity index (χ1v) is 14.6. The summed E-state index contributed by atoms with van der Waals surface area (Å²) in [5, 5.41) is 1.51. The van der Waals surface area contributed by atoms with Gasteiger partial charge in [-0.2, -0.15) is 0 Å². The summed E-state index contributed by atoms with van der Waals surface area (Å²) in [5.74, 6) is 2.02. The van der Waals surface area contributed by atoms with Crippen LogP contribution in [0.3, 0.4) is 0 Å². The molecule has 2 aromatic rings. The molecule has 0 radical (unpaired) electrons. The van der Waals surface area contributed by atoms with Crippen LogP contribution in [0.1, 0.15) is 60.5 Å². The van der Waals surface area contributed by atoms with Gasteiger partial charge in [0.25, 0.3) is 11.8 Å². The van der Waals surface area contributed by atoms with Gasteiger partial charge in [-0.1, -0.05) is 38.1 Å². The molecule has 9 heteroatoms. The molecule has 0 spiro atoms. The van der Waals surface area contributed by atoms with Crippen molar-refractivity contribution in [3.05, 3.63) is 65.7 Å². The minimum Gasteiger partial charge on any atom is -0.493 e. The molecule has 3 heterocycles. The van der Waals surface area contributed by atoms with E-state index in [4.69, 9.17) is 19.0 Å². The Morgan fingerprint density at radius 2 is 2.02 bits per heavy atom. The van der Waals surface area contributed by atoms with E-state index in [0.717, 1.165) is 29.5 Å². The van der Waals surface area contributed by atoms with Crippen molar-refractivity contribution in [2.75, 3.05) is 46.7 Å². The third-order valence-electron chi connectivity index (χ3n) is 8.28. The maximum absolute atomic E-state index is 13.5. The number of hydrogen-bond acceptors (Lipinski definition) is 7. The highest BCUT2D eigenvalue weighted by molar-refractivity contribution is 5.98. The zero-order chi connectivity index (χ0) is 28.9. The smallest absolute Gasteiger partial charge is 0.260 e. The molecule has 0 aliphatic carbocycles. The fourth-order valence-electron chi connectivity index (χ4n) is 6.29. The fourth-order valence-corrected chi connectivity index (χ4v) is 6.29. The van der Waals surface area contributed by atoms with E-state index in [0.29, 0.717) is 56.5 Å². The third kappa shape index (κ3) is 5.92. The molecule has 1 saturated heterocycles. The Bertz CT molecular complexity index is 1270. The number of rotatable bonds is 13. The van der Waals surface area contributed by atoms with Gasteiger partial charge in [0, 0.05) is 49.6 Å². The first-order chi connectivity index (χ1) is 20.0. The topological polar surface area (TPSA) is 80.8 Å². The molecule has 3 aliphatic heterocycles. The van der Waals surface area contributed by atoms with Gasteiger partial charge in [-0.25, -0.2) is 5.06 Å². The quantitative estimate of drug-likeness (QED) is 0.260. The summed E-state index contributed by atoms with van der Waals surface area (Å²) in [6, 6.07) is 11.8. The summed E-state index contributed by atoms with van der Waals surface area (Å²) in [7, 11) is 1.62. The van der Waals surface area contributed by atoms with Gasteiger partial charge in [-0.3, -0.25) is 19.3 Å². The van der Waals surface area contributed by atoms with Crippen LogP contribution in [-0.4, -0.2) is 79.4 Å². The summed E-state index contributed by atoms with van der Waals surface area (Å²) in [6.45, 7) is 11.6. The molecule has 1 fully saturated rings. The third-order valence-corrected chi connectivity index (χ3v) is 8.28. The molecule has 5 rings (SSSR count). The Balaban J connectivity index is 1.40. The van der Waals surface area contributed by atoms with Crippen molar-refractivity contribution >= 4 is 11.8 Å². The van der Waals surface area contributed by atoms with E-state index in [1.54, 1.807) is 7.11 Å². The van der Waals surface area contributed by atoms with E-state index < -0.39 is 0 Å². The fraction of sp³-hybridized carbons (Fsp3) is 0.500. The van der Waals surface area contributed by atoms with Crippen LogP contribution in [0.4, 0.5) is 0 Å². The highest BCUT2D eigenvalue weighted by atomic mass is 16.7. The molecule has 9 nitrogen and oxygen atoms in total. The largest absolute Gasteiger partial charge is 0.493 e. The predicted molar refractivity (Wildman–Crippen MR) is 155 cm³/mol. The maximum atomic E-state index is 13.5. The van der Waals surface area contributed by atoms with E-state index in [1.165, 1.54) is 5.06 Å². The molecule has 2 amide bonds. The number of hydrogen-bond donors (Lipinski definition) is 0. The highest BCUT2D eigenvalue weighted by Crippen LogP contribution is 2.47. The van der Waals surface area contributed by atoms with Crippen LogP contribution in [0.5, 0.6) is 17.2 Å². The number of fused-ring (bicyclic) bond motifs is 2. The first kappa shape index (κ1) is 29.0. The summed E-state index contributed by atoms with van der Waals surface area (Å²) < 4.78 is 17.0. The van der Waals surface area contributed by atoms with Crippen molar-refractivity contribution in [2.24, 2.45) is 5.92 Å². The second kappa shape index (κ2) is 13.0. The van der Waals surface area contributed by atoms with Crippen molar-refractivity contribution in [3.8, 4) is 17.2 Å². The number of methoxy groups -OCH3 is 1. The molecule has 0 N–H and O–H groups in total. The Morgan fingerprint density at radius 3 is 2.76 bits per heavy atom. The average molecular weight is 564 g/mol. The van der Waals surface area contributed by atoms with Gasteiger partial charge in [-0.15, -0.1) is 6.58 Å². The van der Waals surface area contributed by atoms with Gasteiger partial charge in [0.1, 0.15) is 0 Å². The average Bonchev–Trinajstić information content (AvgIpc) is 3.69. The Kier molecular flexibility index (Phi) is 9.15. The SMILES string of the molecule is C=C[C@@H]1[C@@H](c2cc(OC)c3c(c2)OCO3)CN(CC(=O)N(CCC)OCCC)[C@H]1CCN1Cc2ccccc2C1=O. The van der Waals surface area contributed by atoms with Crippen LogP contribution in [0.2, 0.25) is 0 Å². The normalized spacial score (nSPS) is 21.3. The van der Waals surface area contributed by atoms with Crippen LogP contribution < -0.4 is 14.2 Å². The second-order valence-electron chi connectivity index (χ2n) is 10.9. The van der Waals surface area contributed by atoms with Crippen LogP contribution in [0, 0.1) is 5.92 Å². The van der Waals surface area contributed by atoms with E-state index in [-0.39, 0.29) is 43.0 Å². The number of benzene rings is 2. The minimum absolute atomic E-state index is 0.00373. The van der Waals surface area contributed by atoms with Crippen molar-refractivity contribution in [1.29, 1.82) is 0 Å². The van der Waals surface area contributed by atoms with Crippen molar-refractivity contribution in [3.63, 3.8) is 0 Å². The monoisotopic (exact) mass is 563 g/mol. The lowest BCUT2D eigenvalue weighted by Crippen LogP contribution is -2.44. The van der Waals surface area contributed by atoms with Gasteiger partial charge in [-0.05, 0) is 48.6 Å². The number of hydroxylamine groups is 2. The van der Waals surface area contributed by atoms with Gasteiger partial charge in [0.05, 0.1) is 20.3 Å². The predicted octanol–water partition coefficient (Wildman–Crippen LogP) is 4.62. The molecule has 0 saturated carbocycles. The van der Waals surface area contributed by atoms with Gasteiger partial charge < -0.3 is 19.1 Å². The van der Waals surface area contributed by atoms with Gasteiger partial charge >= 0.3 is 0 Å².